The fourth-order valence-electron chi connectivity index (χ4n) is 8.01. The van der Waals surface area contributed by atoms with Gasteiger partial charge in [-0.2, -0.15) is 0 Å². The van der Waals surface area contributed by atoms with Gasteiger partial charge >= 0.3 is 6.03 Å². The monoisotopic (exact) mass is 443 g/mol. The first-order chi connectivity index (χ1) is 16.1. The van der Waals surface area contributed by atoms with Gasteiger partial charge in [-0.15, -0.1) is 0 Å². The summed E-state index contributed by atoms with van der Waals surface area (Å²) in [6.45, 7) is 0.662. The summed E-state index contributed by atoms with van der Waals surface area (Å²) in [6.07, 6.45) is 8.30. The maximum Gasteiger partial charge on any atom is 0.318 e. The lowest BCUT2D eigenvalue weighted by Gasteiger charge is -2.57. The molecule has 4 saturated carbocycles. The lowest BCUT2D eigenvalue weighted by Crippen LogP contribution is -2.62. The van der Waals surface area contributed by atoms with Crippen LogP contribution in [0.5, 0.6) is 0 Å². The van der Waals surface area contributed by atoms with Crippen molar-refractivity contribution < 1.29 is 9.18 Å². The molecule has 1 aromatic heterocycles. The zero-order valence-corrected chi connectivity index (χ0v) is 18.8. The van der Waals surface area contributed by atoms with E-state index in [9.17, 15) is 9.18 Å². The first kappa shape index (κ1) is 19.6. The van der Waals surface area contributed by atoms with Crippen LogP contribution in [0.1, 0.15) is 61.4 Å². The van der Waals surface area contributed by atoms with Crippen molar-refractivity contribution in [2.45, 2.75) is 56.5 Å². The molecule has 4 fully saturated rings. The van der Waals surface area contributed by atoms with E-state index < -0.39 is 0 Å². The minimum atomic E-state index is -0.254. The highest BCUT2D eigenvalue weighted by Gasteiger charge is 2.52. The molecule has 1 atom stereocenters. The predicted octanol–water partition coefficient (Wildman–Crippen LogP) is 5.93. The molecule has 5 heteroatoms. The molecule has 8 rings (SSSR count). The van der Waals surface area contributed by atoms with E-state index in [1.54, 1.807) is 0 Å². The SMILES string of the molecule is O=C(NC12CC3CC(CC(C3)C1)C2)N1CCc2c([nH]c3ccccc23)[C@@H]1c1ccc(F)cc1. The van der Waals surface area contributed by atoms with Crippen molar-refractivity contribution >= 4 is 16.9 Å². The molecule has 2 N–H and O–H groups in total. The largest absolute Gasteiger partial charge is 0.356 e. The molecule has 2 heterocycles. The number of hydrogen-bond acceptors (Lipinski definition) is 1. The average molecular weight is 444 g/mol. The van der Waals surface area contributed by atoms with E-state index in [1.165, 1.54) is 42.3 Å². The van der Waals surface area contributed by atoms with Gasteiger partial charge in [0.15, 0.2) is 0 Å². The number of amides is 2. The van der Waals surface area contributed by atoms with Crippen LogP contribution in [0.4, 0.5) is 9.18 Å². The number of fused-ring (bicyclic) bond motifs is 3. The molecule has 3 aromatic rings. The number of aromatic nitrogens is 1. The van der Waals surface area contributed by atoms with Crippen molar-refractivity contribution in [2.24, 2.45) is 17.8 Å². The molecule has 0 spiro atoms. The van der Waals surface area contributed by atoms with Gasteiger partial charge in [-0.3, -0.25) is 0 Å². The van der Waals surface area contributed by atoms with E-state index in [4.69, 9.17) is 0 Å². The normalized spacial score (nSPS) is 32.2. The smallest absolute Gasteiger partial charge is 0.318 e. The third kappa shape index (κ3) is 3.12. The van der Waals surface area contributed by atoms with Crippen LogP contribution in [0, 0.1) is 23.6 Å². The Morgan fingerprint density at radius 1 is 0.970 bits per heavy atom. The number of rotatable bonds is 2. The fraction of sp³-hybridized carbons (Fsp3) is 0.464. The summed E-state index contributed by atoms with van der Waals surface area (Å²) >= 11 is 0. The van der Waals surface area contributed by atoms with Crippen molar-refractivity contribution in [1.29, 1.82) is 0 Å². The lowest BCUT2D eigenvalue weighted by atomic mass is 9.53. The Bertz CT molecular complexity index is 1190. The van der Waals surface area contributed by atoms with E-state index in [1.807, 2.05) is 23.1 Å². The molecule has 4 nitrogen and oxygen atoms in total. The van der Waals surface area contributed by atoms with E-state index >= 15 is 0 Å². The Morgan fingerprint density at radius 2 is 1.64 bits per heavy atom. The summed E-state index contributed by atoms with van der Waals surface area (Å²) in [6, 6.07) is 14.8. The van der Waals surface area contributed by atoms with Crippen LogP contribution in [-0.2, 0) is 6.42 Å². The Labute approximate surface area is 193 Å². The number of urea groups is 1. The maximum atomic E-state index is 13.9. The van der Waals surface area contributed by atoms with E-state index in [0.717, 1.165) is 60.2 Å². The number of aromatic amines is 1. The van der Waals surface area contributed by atoms with E-state index in [-0.39, 0.29) is 23.4 Å². The van der Waals surface area contributed by atoms with Gasteiger partial charge in [-0.05, 0) is 92.0 Å². The van der Waals surface area contributed by atoms with Crippen molar-refractivity contribution in [3.63, 3.8) is 0 Å². The number of para-hydroxylation sites is 1. The Hall–Kier alpha value is -2.82. The zero-order chi connectivity index (χ0) is 22.2. The predicted molar refractivity (Wildman–Crippen MR) is 126 cm³/mol. The average Bonchev–Trinajstić information content (AvgIpc) is 3.16. The molecule has 2 aromatic carbocycles. The molecule has 5 aliphatic rings. The van der Waals surface area contributed by atoms with Gasteiger partial charge in [0, 0.05) is 28.7 Å². The molecule has 0 radical (unpaired) electrons. The Kier molecular flexibility index (Phi) is 4.22. The van der Waals surface area contributed by atoms with Crippen molar-refractivity contribution in [1.82, 2.24) is 15.2 Å². The molecule has 2 amide bonds. The topological polar surface area (TPSA) is 48.1 Å². The van der Waals surface area contributed by atoms with Crippen molar-refractivity contribution in [2.75, 3.05) is 6.54 Å². The molecule has 4 aliphatic carbocycles. The lowest BCUT2D eigenvalue weighted by molar-refractivity contribution is -0.0163. The molecular weight excluding hydrogens is 413 g/mol. The number of halogens is 1. The minimum Gasteiger partial charge on any atom is -0.356 e. The summed E-state index contributed by atoms with van der Waals surface area (Å²) in [7, 11) is 0. The number of H-pyrrole nitrogens is 1. The quantitative estimate of drug-likeness (QED) is 0.506. The second kappa shape index (κ2) is 7.09. The third-order valence-electron chi connectivity index (χ3n) is 8.89. The van der Waals surface area contributed by atoms with Crippen LogP contribution < -0.4 is 5.32 Å². The van der Waals surface area contributed by atoms with Crippen LogP contribution in [0.25, 0.3) is 10.9 Å². The highest BCUT2D eigenvalue weighted by Crippen LogP contribution is 2.55. The van der Waals surface area contributed by atoms with Crippen LogP contribution in [0.2, 0.25) is 0 Å². The second-order valence-corrected chi connectivity index (χ2v) is 11.1. The number of nitrogens with one attached hydrogen (secondary N) is 2. The maximum absolute atomic E-state index is 13.9. The zero-order valence-electron chi connectivity index (χ0n) is 18.8. The highest BCUT2D eigenvalue weighted by molar-refractivity contribution is 5.86. The van der Waals surface area contributed by atoms with Crippen molar-refractivity contribution in [3.8, 4) is 0 Å². The number of carbonyl (C=O) groups is 1. The first-order valence-electron chi connectivity index (χ1n) is 12.5. The van der Waals surface area contributed by atoms with Gasteiger partial charge in [0.1, 0.15) is 5.82 Å². The van der Waals surface area contributed by atoms with E-state index in [0.29, 0.717) is 6.54 Å². The summed E-state index contributed by atoms with van der Waals surface area (Å²) in [5.74, 6) is 2.10. The van der Waals surface area contributed by atoms with Gasteiger partial charge in [-0.25, -0.2) is 9.18 Å². The van der Waals surface area contributed by atoms with E-state index in [2.05, 4.69) is 28.5 Å². The summed E-state index contributed by atoms with van der Waals surface area (Å²) in [5.41, 5.74) is 4.36. The Balaban J connectivity index is 1.26. The molecular formula is C28H30FN3O. The Morgan fingerprint density at radius 3 is 2.33 bits per heavy atom. The van der Waals surface area contributed by atoms with Gasteiger partial charge in [0.05, 0.1) is 6.04 Å². The number of carbonyl (C=O) groups excluding carboxylic acids is 1. The highest BCUT2D eigenvalue weighted by atomic mass is 19.1. The first-order valence-corrected chi connectivity index (χ1v) is 12.5. The molecule has 33 heavy (non-hydrogen) atoms. The molecule has 0 unspecified atom stereocenters. The second-order valence-electron chi connectivity index (χ2n) is 11.1. The molecule has 4 bridgehead atoms. The fourth-order valence-corrected chi connectivity index (χ4v) is 8.01. The van der Waals surface area contributed by atoms with Crippen LogP contribution in [0.15, 0.2) is 48.5 Å². The summed E-state index contributed by atoms with van der Waals surface area (Å²) in [4.78, 5) is 19.5. The third-order valence-corrected chi connectivity index (χ3v) is 8.89. The van der Waals surface area contributed by atoms with Crippen LogP contribution in [0.3, 0.4) is 0 Å². The molecule has 0 saturated heterocycles. The summed E-state index contributed by atoms with van der Waals surface area (Å²) < 4.78 is 13.8. The van der Waals surface area contributed by atoms with Gasteiger partial charge in [-0.1, -0.05) is 30.3 Å². The molecule has 1 aliphatic heterocycles. The number of benzene rings is 2. The van der Waals surface area contributed by atoms with Crippen LogP contribution in [-0.4, -0.2) is 28.0 Å². The minimum absolute atomic E-state index is 0.0279. The van der Waals surface area contributed by atoms with Gasteiger partial charge in [0.25, 0.3) is 0 Å². The molecule has 170 valence electrons. The standard InChI is InChI=1S/C28H30FN3O/c29-21-7-5-20(6-8-21)26-25-23(22-3-1-2-4-24(22)30-25)9-10-32(26)27(33)31-28-14-17-11-18(15-28)13-19(12-17)16-28/h1-8,17-19,26,30H,9-16H2,(H,31,33)/t17?,18?,19?,26-,28?/m0/s1. The number of hydrogen-bond donors (Lipinski definition) is 2. The van der Waals surface area contributed by atoms with Crippen LogP contribution >= 0.6 is 0 Å². The number of nitrogens with zero attached hydrogens (tertiary/aromatic N) is 1. The van der Waals surface area contributed by atoms with Gasteiger partial charge in [0.2, 0.25) is 0 Å². The van der Waals surface area contributed by atoms with Gasteiger partial charge < -0.3 is 15.2 Å². The van der Waals surface area contributed by atoms with Crippen molar-refractivity contribution in [3.05, 3.63) is 71.2 Å². The summed E-state index contributed by atoms with van der Waals surface area (Å²) in [5, 5.41) is 4.79.